The summed E-state index contributed by atoms with van der Waals surface area (Å²) >= 11 is 1.49. The van der Waals surface area contributed by atoms with Gasteiger partial charge in [-0.25, -0.2) is 4.79 Å². The molecule has 5 amide bonds. The van der Waals surface area contributed by atoms with Crippen LogP contribution in [0.15, 0.2) is 30.3 Å². The third-order valence-corrected chi connectivity index (χ3v) is 6.32. The SMILES string of the molecule is CSCC[C@H](NC(=O)[C@H](CC(C)C)NC(=O)CNC(=O)[C@H](CC(=O)OCc1ccccc1)NC(=O)OC(C)(C)C)C(N)=O. The molecule has 0 aliphatic heterocycles. The van der Waals surface area contributed by atoms with E-state index in [-0.39, 0.29) is 18.9 Å². The fourth-order valence-corrected chi connectivity index (χ4v) is 4.13. The summed E-state index contributed by atoms with van der Waals surface area (Å²) in [5.74, 6) is -2.96. The molecule has 0 aliphatic rings. The molecule has 1 aromatic carbocycles. The maximum absolute atomic E-state index is 13.0. The Morgan fingerprint density at radius 1 is 0.907 bits per heavy atom. The van der Waals surface area contributed by atoms with Gasteiger partial charge in [0.05, 0.1) is 13.0 Å². The van der Waals surface area contributed by atoms with Crippen molar-refractivity contribution in [1.29, 1.82) is 0 Å². The second-order valence-electron chi connectivity index (χ2n) is 11.3. The Kier molecular flexibility index (Phi) is 16.2. The smallest absolute Gasteiger partial charge is 0.408 e. The number of carbonyl (C=O) groups excluding carboxylic acids is 6. The summed E-state index contributed by atoms with van der Waals surface area (Å²) in [6.45, 7) is 8.04. The van der Waals surface area contributed by atoms with E-state index >= 15 is 0 Å². The van der Waals surface area contributed by atoms with Gasteiger partial charge in [0.15, 0.2) is 0 Å². The van der Waals surface area contributed by atoms with Gasteiger partial charge in [0.25, 0.3) is 0 Å². The second-order valence-corrected chi connectivity index (χ2v) is 12.2. The normalized spacial score (nSPS) is 13.2. The molecule has 0 saturated carbocycles. The molecule has 3 atom stereocenters. The highest BCUT2D eigenvalue weighted by atomic mass is 32.2. The maximum atomic E-state index is 13.0. The Hall–Kier alpha value is -3.81. The lowest BCUT2D eigenvalue weighted by atomic mass is 10.0. The van der Waals surface area contributed by atoms with Gasteiger partial charge in [-0.15, -0.1) is 0 Å². The van der Waals surface area contributed by atoms with Gasteiger partial charge in [0, 0.05) is 0 Å². The van der Waals surface area contributed by atoms with E-state index in [2.05, 4.69) is 21.3 Å². The number of amides is 5. The van der Waals surface area contributed by atoms with Crippen molar-refractivity contribution in [2.24, 2.45) is 11.7 Å². The molecule has 6 N–H and O–H groups in total. The first-order valence-corrected chi connectivity index (χ1v) is 15.3. The predicted octanol–water partition coefficient (Wildman–Crippen LogP) is 1.38. The van der Waals surface area contributed by atoms with Crippen LogP contribution in [0.3, 0.4) is 0 Å². The number of esters is 1. The molecule has 0 bridgehead atoms. The van der Waals surface area contributed by atoms with Gasteiger partial charge in [0.2, 0.25) is 23.6 Å². The third-order valence-electron chi connectivity index (χ3n) is 5.67. The van der Waals surface area contributed by atoms with Gasteiger partial charge in [-0.3, -0.25) is 24.0 Å². The van der Waals surface area contributed by atoms with E-state index in [1.807, 2.05) is 26.2 Å². The summed E-state index contributed by atoms with van der Waals surface area (Å²) in [5.41, 5.74) is 5.29. The van der Waals surface area contributed by atoms with Crippen LogP contribution in [0.1, 0.15) is 59.4 Å². The molecule has 0 fully saturated rings. The molecule has 43 heavy (non-hydrogen) atoms. The van der Waals surface area contributed by atoms with Crippen LogP contribution in [0.25, 0.3) is 0 Å². The van der Waals surface area contributed by atoms with E-state index in [1.54, 1.807) is 45.0 Å². The zero-order valence-corrected chi connectivity index (χ0v) is 26.5. The average molecular weight is 624 g/mol. The third kappa shape index (κ3) is 16.4. The summed E-state index contributed by atoms with van der Waals surface area (Å²) in [6.07, 6.45) is 0.988. The molecule has 0 radical (unpaired) electrons. The molecule has 1 rings (SSSR count). The quantitative estimate of drug-likeness (QED) is 0.159. The van der Waals surface area contributed by atoms with E-state index in [9.17, 15) is 28.8 Å². The van der Waals surface area contributed by atoms with E-state index in [1.165, 1.54) is 11.8 Å². The first-order chi connectivity index (χ1) is 20.1. The Morgan fingerprint density at radius 3 is 2.12 bits per heavy atom. The molecule has 0 aliphatic carbocycles. The minimum Gasteiger partial charge on any atom is -0.461 e. The standard InChI is InChI=1S/C29H45N5O8S/c1-18(2)14-21(27(39)33-20(25(30)37)12-13-43-6)32-23(35)16-31-26(38)22(34-28(40)42-29(3,4)5)15-24(36)41-17-19-10-8-7-9-11-19/h7-11,18,20-22H,12-17H2,1-6H3,(H2,30,37)(H,31,38)(H,32,35)(H,33,39)(H,34,40)/t20-,21-,22-/m0/s1. The number of ether oxygens (including phenoxy) is 2. The molecule has 0 aromatic heterocycles. The number of alkyl carbamates (subject to hydrolysis) is 1. The Bertz CT molecular complexity index is 1090. The van der Waals surface area contributed by atoms with E-state index < -0.39 is 72.4 Å². The number of carbonyl (C=O) groups is 6. The second kappa shape index (κ2) is 18.7. The molecule has 0 spiro atoms. The number of nitrogens with one attached hydrogen (secondary N) is 4. The van der Waals surface area contributed by atoms with Crippen molar-refractivity contribution in [3.63, 3.8) is 0 Å². The van der Waals surface area contributed by atoms with E-state index in [0.29, 0.717) is 12.2 Å². The largest absolute Gasteiger partial charge is 0.461 e. The number of primary amides is 1. The lowest BCUT2D eigenvalue weighted by Gasteiger charge is -2.24. The summed E-state index contributed by atoms with van der Waals surface area (Å²) in [5, 5.41) is 9.88. The monoisotopic (exact) mass is 623 g/mol. The van der Waals surface area contributed by atoms with Gasteiger partial charge < -0.3 is 36.5 Å². The molecular formula is C29H45N5O8S. The first kappa shape index (κ1) is 37.2. The van der Waals surface area contributed by atoms with Crippen molar-refractivity contribution in [2.75, 3.05) is 18.6 Å². The van der Waals surface area contributed by atoms with Crippen LogP contribution in [-0.4, -0.2) is 78.0 Å². The van der Waals surface area contributed by atoms with Gasteiger partial charge in [-0.2, -0.15) is 11.8 Å². The van der Waals surface area contributed by atoms with Gasteiger partial charge in [-0.05, 0) is 57.1 Å². The van der Waals surface area contributed by atoms with Crippen molar-refractivity contribution in [3.05, 3.63) is 35.9 Å². The highest BCUT2D eigenvalue weighted by Gasteiger charge is 2.29. The number of hydrogen-bond acceptors (Lipinski definition) is 9. The fraction of sp³-hybridized carbons (Fsp3) is 0.586. The summed E-state index contributed by atoms with van der Waals surface area (Å²) in [6, 6.07) is 5.61. The zero-order valence-electron chi connectivity index (χ0n) is 25.7. The number of rotatable bonds is 17. The molecule has 13 nitrogen and oxygen atoms in total. The van der Waals surface area contributed by atoms with Crippen LogP contribution in [0.2, 0.25) is 0 Å². The van der Waals surface area contributed by atoms with Crippen LogP contribution in [0.5, 0.6) is 0 Å². The molecule has 0 saturated heterocycles. The molecular weight excluding hydrogens is 578 g/mol. The zero-order chi connectivity index (χ0) is 32.6. The summed E-state index contributed by atoms with van der Waals surface area (Å²) in [7, 11) is 0. The van der Waals surface area contributed by atoms with Crippen molar-refractivity contribution >= 4 is 47.5 Å². The lowest BCUT2D eigenvalue weighted by Crippen LogP contribution is -2.55. The average Bonchev–Trinajstić information content (AvgIpc) is 2.91. The number of benzene rings is 1. The number of thioether (sulfide) groups is 1. The van der Waals surface area contributed by atoms with Crippen LogP contribution in [0.4, 0.5) is 4.79 Å². The fourth-order valence-electron chi connectivity index (χ4n) is 3.66. The van der Waals surface area contributed by atoms with Crippen molar-refractivity contribution in [3.8, 4) is 0 Å². The number of nitrogens with two attached hydrogens (primary N) is 1. The van der Waals surface area contributed by atoms with E-state index in [4.69, 9.17) is 15.2 Å². The van der Waals surface area contributed by atoms with Crippen LogP contribution >= 0.6 is 11.8 Å². The van der Waals surface area contributed by atoms with Crippen LogP contribution < -0.4 is 27.0 Å². The Morgan fingerprint density at radius 2 is 1.56 bits per heavy atom. The molecule has 240 valence electrons. The first-order valence-electron chi connectivity index (χ1n) is 14.0. The minimum atomic E-state index is -1.41. The van der Waals surface area contributed by atoms with Crippen LogP contribution in [-0.2, 0) is 40.1 Å². The summed E-state index contributed by atoms with van der Waals surface area (Å²) < 4.78 is 10.4. The van der Waals surface area contributed by atoms with Gasteiger partial charge in [-0.1, -0.05) is 44.2 Å². The Labute approximate surface area is 257 Å². The topological polar surface area (TPSA) is 195 Å². The predicted molar refractivity (Wildman–Crippen MR) is 163 cm³/mol. The molecule has 0 unspecified atom stereocenters. The molecule has 14 heteroatoms. The number of hydrogen-bond donors (Lipinski definition) is 5. The maximum Gasteiger partial charge on any atom is 0.408 e. The molecule has 1 aromatic rings. The van der Waals surface area contributed by atoms with Crippen LogP contribution in [0, 0.1) is 5.92 Å². The van der Waals surface area contributed by atoms with Gasteiger partial charge in [0.1, 0.15) is 30.3 Å². The lowest BCUT2D eigenvalue weighted by molar-refractivity contribution is -0.147. The van der Waals surface area contributed by atoms with Crippen molar-refractivity contribution in [2.45, 2.75) is 84.2 Å². The van der Waals surface area contributed by atoms with Crippen molar-refractivity contribution < 1.29 is 38.2 Å². The van der Waals surface area contributed by atoms with E-state index in [0.717, 1.165) is 5.56 Å². The Balaban J connectivity index is 2.87. The highest BCUT2D eigenvalue weighted by molar-refractivity contribution is 7.98. The highest BCUT2D eigenvalue weighted by Crippen LogP contribution is 2.09. The molecule has 0 heterocycles. The van der Waals surface area contributed by atoms with Gasteiger partial charge >= 0.3 is 12.1 Å². The minimum absolute atomic E-state index is 0.00757. The van der Waals surface area contributed by atoms with Crippen molar-refractivity contribution in [1.82, 2.24) is 21.3 Å². The summed E-state index contributed by atoms with van der Waals surface area (Å²) in [4.78, 5) is 75.3.